The predicted octanol–water partition coefficient (Wildman–Crippen LogP) is 2.77. The Morgan fingerprint density at radius 1 is 1.47 bits per heavy atom. The van der Waals surface area contributed by atoms with Crippen molar-refractivity contribution in [1.29, 1.82) is 0 Å². The number of carbonyl (C=O) groups is 1. The molecule has 0 aliphatic carbocycles. The number of nitro benzene ring substituents is 1. The molecule has 0 unspecified atom stereocenters. The minimum Gasteiger partial charge on any atom is -0.462 e. The SMILES string of the molecule is CC(C)CCCOC(=O)c1ccc(N)c([N+](=O)[O-])c1. The van der Waals surface area contributed by atoms with Gasteiger partial charge in [0.15, 0.2) is 0 Å². The van der Waals surface area contributed by atoms with Crippen molar-refractivity contribution in [1.82, 2.24) is 0 Å². The van der Waals surface area contributed by atoms with E-state index in [4.69, 9.17) is 10.5 Å². The van der Waals surface area contributed by atoms with Gasteiger partial charge >= 0.3 is 5.97 Å². The fraction of sp³-hybridized carbons (Fsp3) is 0.462. The number of hydrogen-bond acceptors (Lipinski definition) is 5. The number of nitrogens with two attached hydrogens (primary N) is 1. The molecule has 1 aromatic carbocycles. The lowest BCUT2D eigenvalue weighted by atomic mass is 10.1. The summed E-state index contributed by atoms with van der Waals surface area (Å²) >= 11 is 0. The Kier molecular flexibility index (Phi) is 5.29. The molecule has 0 spiro atoms. The maximum Gasteiger partial charge on any atom is 0.338 e. The Bertz CT molecular complexity index is 472. The lowest BCUT2D eigenvalue weighted by Crippen LogP contribution is -2.08. The number of anilines is 1. The molecule has 0 fully saturated rings. The second-order valence-corrected chi connectivity index (χ2v) is 4.70. The zero-order chi connectivity index (χ0) is 14.4. The normalized spacial score (nSPS) is 10.5. The van der Waals surface area contributed by atoms with Crippen molar-refractivity contribution >= 4 is 17.3 Å². The van der Waals surface area contributed by atoms with Crippen molar-refractivity contribution in [3.05, 3.63) is 33.9 Å². The van der Waals surface area contributed by atoms with Crippen molar-refractivity contribution in [2.45, 2.75) is 26.7 Å². The average molecular weight is 266 g/mol. The van der Waals surface area contributed by atoms with Gasteiger partial charge < -0.3 is 10.5 Å². The average Bonchev–Trinajstić information content (AvgIpc) is 2.34. The van der Waals surface area contributed by atoms with Crippen LogP contribution in [0.4, 0.5) is 11.4 Å². The maximum atomic E-state index is 11.7. The van der Waals surface area contributed by atoms with Gasteiger partial charge in [0.05, 0.1) is 17.1 Å². The summed E-state index contributed by atoms with van der Waals surface area (Å²) in [5, 5.41) is 10.7. The van der Waals surface area contributed by atoms with Crippen molar-refractivity contribution in [3.63, 3.8) is 0 Å². The highest BCUT2D eigenvalue weighted by Crippen LogP contribution is 2.22. The lowest BCUT2D eigenvalue weighted by molar-refractivity contribution is -0.383. The molecule has 6 nitrogen and oxygen atoms in total. The summed E-state index contributed by atoms with van der Waals surface area (Å²) in [5.74, 6) is -0.0110. The summed E-state index contributed by atoms with van der Waals surface area (Å²) in [6.45, 7) is 4.49. The summed E-state index contributed by atoms with van der Waals surface area (Å²) in [5.41, 5.74) is 5.34. The Morgan fingerprint density at radius 2 is 2.16 bits per heavy atom. The Morgan fingerprint density at radius 3 is 2.74 bits per heavy atom. The topological polar surface area (TPSA) is 95.5 Å². The number of nitro groups is 1. The first-order chi connectivity index (χ1) is 8.91. The fourth-order valence-corrected chi connectivity index (χ4v) is 1.57. The number of benzene rings is 1. The summed E-state index contributed by atoms with van der Waals surface area (Å²) in [6, 6.07) is 3.90. The van der Waals surface area contributed by atoms with Crippen LogP contribution in [-0.4, -0.2) is 17.5 Å². The van der Waals surface area contributed by atoms with Crippen molar-refractivity contribution in [3.8, 4) is 0 Å². The van der Waals surface area contributed by atoms with Crippen molar-refractivity contribution in [2.24, 2.45) is 5.92 Å². The van der Waals surface area contributed by atoms with E-state index in [0.29, 0.717) is 12.5 Å². The molecular formula is C13H18N2O4. The lowest BCUT2D eigenvalue weighted by Gasteiger charge is -2.07. The van der Waals surface area contributed by atoms with E-state index in [-0.39, 0.29) is 16.9 Å². The predicted molar refractivity (Wildman–Crippen MR) is 71.9 cm³/mol. The molecule has 0 amide bonds. The van der Waals surface area contributed by atoms with E-state index in [2.05, 4.69) is 13.8 Å². The fourth-order valence-electron chi connectivity index (χ4n) is 1.57. The highest BCUT2D eigenvalue weighted by molar-refractivity contribution is 5.91. The Hall–Kier alpha value is -2.11. The molecule has 0 atom stereocenters. The molecule has 0 aromatic heterocycles. The van der Waals surface area contributed by atoms with Gasteiger partial charge in [0, 0.05) is 6.07 Å². The molecule has 0 heterocycles. The third kappa shape index (κ3) is 4.57. The molecular weight excluding hydrogens is 248 g/mol. The molecule has 0 saturated carbocycles. The first-order valence-electron chi connectivity index (χ1n) is 6.13. The van der Waals surface area contributed by atoms with Crippen LogP contribution in [0.5, 0.6) is 0 Å². The zero-order valence-electron chi connectivity index (χ0n) is 11.1. The number of nitrogens with zero attached hydrogens (tertiary/aromatic N) is 1. The van der Waals surface area contributed by atoms with Gasteiger partial charge in [-0.3, -0.25) is 10.1 Å². The summed E-state index contributed by atoms with van der Waals surface area (Å²) in [4.78, 5) is 21.8. The molecule has 0 aliphatic rings. The molecule has 0 saturated heterocycles. The molecule has 19 heavy (non-hydrogen) atoms. The molecule has 2 N–H and O–H groups in total. The van der Waals surface area contributed by atoms with E-state index in [1.807, 2.05) is 0 Å². The Labute approximate surface area is 111 Å². The first kappa shape index (κ1) is 14.9. The Balaban J connectivity index is 2.62. The molecule has 1 aromatic rings. The second-order valence-electron chi connectivity index (χ2n) is 4.70. The van der Waals surface area contributed by atoms with E-state index in [0.717, 1.165) is 18.9 Å². The van der Waals surface area contributed by atoms with Gasteiger partial charge in [0.1, 0.15) is 5.69 Å². The van der Waals surface area contributed by atoms with Gasteiger partial charge in [-0.1, -0.05) is 13.8 Å². The number of nitrogen functional groups attached to an aromatic ring is 1. The maximum absolute atomic E-state index is 11.7. The zero-order valence-corrected chi connectivity index (χ0v) is 11.1. The third-order valence-electron chi connectivity index (χ3n) is 2.62. The van der Waals surface area contributed by atoms with E-state index in [1.165, 1.54) is 12.1 Å². The minimum absolute atomic E-state index is 0.0290. The van der Waals surface area contributed by atoms with E-state index < -0.39 is 10.9 Å². The van der Waals surface area contributed by atoms with Crippen LogP contribution in [0.25, 0.3) is 0 Å². The van der Waals surface area contributed by atoms with E-state index in [1.54, 1.807) is 0 Å². The molecule has 0 radical (unpaired) electrons. The van der Waals surface area contributed by atoms with Gasteiger partial charge in [-0.25, -0.2) is 4.79 Å². The van der Waals surface area contributed by atoms with Gasteiger partial charge in [0.2, 0.25) is 0 Å². The van der Waals surface area contributed by atoms with E-state index in [9.17, 15) is 14.9 Å². The minimum atomic E-state index is -0.620. The molecule has 6 heteroatoms. The van der Waals surface area contributed by atoms with Gasteiger partial charge in [0.25, 0.3) is 5.69 Å². The second kappa shape index (κ2) is 6.72. The molecule has 1 rings (SSSR count). The highest BCUT2D eigenvalue weighted by atomic mass is 16.6. The van der Waals surface area contributed by atoms with Gasteiger partial charge in [-0.05, 0) is 30.9 Å². The van der Waals surface area contributed by atoms with Crippen LogP contribution < -0.4 is 5.73 Å². The number of carbonyl (C=O) groups excluding carboxylic acids is 1. The van der Waals surface area contributed by atoms with Crippen LogP contribution in [0.2, 0.25) is 0 Å². The van der Waals surface area contributed by atoms with Crippen LogP contribution in [0.15, 0.2) is 18.2 Å². The number of ether oxygens (including phenoxy) is 1. The largest absolute Gasteiger partial charge is 0.462 e. The summed E-state index contributed by atoms with van der Waals surface area (Å²) < 4.78 is 5.05. The van der Waals surface area contributed by atoms with Crippen LogP contribution in [0.3, 0.4) is 0 Å². The van der Waals surface area contributed by atoms with Gasteiger partial charge in [-0.15, -0.1) is 0 Å². The summed E-state index contributed by atoms with van der Waals surface area (Å²) in [6.07, 6.45) is 1.75. The summed E-state index contributed by atoms with van der Waals surface area (Å²) in [7, 11) is 0. The monoisotopic (exact) mass is 266 g/mol. The molecule has 0 aliphatic heterocycles. The van der Waals surface area contributed by atoms with Crippen LogP contribution in [0, 0.1) is 16.0 Å². The number of rotatable bonds is 6. The smallest absolute Gasteiger partial charge is 0.338 e. The van der Waals surface area contributed by atoms with Crippen molar-refractivity contribution < 1.29 is 14.5 Å². The number of esters is 1. The van der Waals surface area contributed by atoms with Crippen LogP contribution in [-0.2, 0) is 4.74 Å². The quantitative estimate of drug-likeness (QED) is 0.281. The third-order valence-corrected chi connectivity index (χ3v) is 2.62. The van der Waals surface area contributed by atoms with Crippen LogP contribution in [0.1, 0.15) is 37.0 Å². The van der Waals surface area contributed by atoms with Crippen LogP contribution >= 0.6 is 0 Å². The van der Waals surface area contributed by atoms with Crippen molar-refractivity contribution in [2.75, 3.05) is 12.3 Å². The molecule has 0 bridgehead atoms. The number of hydrogen-bond donors (Lipinski definition) is 1. The standard InChI is InChI=1S/C13H18N2O4/c1-9(2)4-3-7-19-13(16)10-5-6-11(14)12(8-10)15(17)18/h5-6,8-9H,3-4,7,14H2,1-2H3. The van der Waals surface area contributed by atoms with Gasteiger partial charge in [-0.2, -0.15) is 0 Å². The molecule has 104 valence electrons. The van der Waals surface area contributed by atoms with E-state index >= 15 is 0 Å². The first-order valence-corrected chi connectivity index (χ1v) is 6.13. The highest BCUT2D eigenvalue weighted by Gasteiger charge is 2.16.